The molecule has 0 spiro atoms. The lowest BCUT2D eigenvalue weighted by Crippen LogP contribution is -2.58. The van der Waals surface area contributed by atoms with E-state index in [1.54, 1.807) is 6.92 Å². The summed E-state index contributed by atoms with van der Waals surface area (Å²) in [5.74, 6) is -5.18. The Labute approximate surface area is 287 Å². The van der Waals surface area contributed by atoms with Gasteiger partial charge in [0.05, 0.1) is 13.1 Å². The highest BCUT2D eigenvalue weighted by Gasteiger charge is 2.43. The van der Waals surface area contributed by atoms with Crippen LogP contribution in [0, 0.1) is 11.3 Å². The number of amides is 6. The molecule has 268 valence electrons. The zero-order chi connectivity index (χ0) is 36.8. The fourth-order valence-corrected chi connectivity index (χ4v) is 5.22. The van der Waals surface area contributed by atoms with E-state index in [9.17, 15) is 43.8 Å². The summed E-state index contributed by atoms with van der Waals surface area (Å²) < 4.78 is 0. The number of aromatic hydroxyl groups is 2. The Hall–Kier alpha value is -6.00. The first kappa shape index (κ1) is 38.4. The Morgan fingerprint density at radius 3 is 2.00 bits per heavy atom. The van der Waals surface area contributed by atoms with Crippen molar-refractivity contribution in [3.63, 3.8) is 0 Å². The summed E-state index contributed by atoms with van der Waals surface area (Å²) in [4.78, 5) is 90.5. The molecule has 17 nitrogen and oxygen atoms in total. The zero-order valence-corrected chi connectivity index (χ0v) is 27.4. The van der Waals surface area contributed by atoms with Crippen molar-refractivity contribution in [1.82, 2.24) is 31.5 Å². The van der Waals surface area contributed by atoms with E-state index in [1.165, 1.54) is 48.5 Å². The minimum atomic E-state index is -1.36. The first-order valence-corrected chi connectivity index (χ1v) is 15.9. The molecule has 17 heteroatoms. The Morgan fingerprint density at radius 2 is 1.46 bits per heavy atom. The van der Waals surface area contributed by atoms with Gasteiger partial charge in [0.15, 0.2) is 5.96 Å². The molecule has 0 aromatic heterocycles. The Kier molecular flexibility index (Phi) is 14.2. The van der Waals surface area contributed by atoms with Gasteiger partial charge in [-0.2, -0.15) is 0 Å². The number of hydrogen-bond donors (Lipinski definition) is 9. The molecule has 1 heterocycles. The van der Waals surface area contributed by atoms with Crippen molar-refractivity contribution in [1.29, 1.82) is 5.41 Å². The van der Waals surface area contributed by atoms with E-state index in [1.807, 2.05) is 0 Å². The number of nitrogens with two attached hydrogens (primary N) is 1. The summed E-state index contributed by atoms with van der Waals surface area (Å²) in [6.45, 7) is 0.997. The molecule has 0 saturated carbocycles. The van der Waals surface area contributed by atoms with Crippen LogP contribution in [-0.4, -0.2) is 101 Å². The number of nitrogens with zero attached hydrogens (tertiary/aromatic N) is 1. The highest BCUT2D eigenvalue weighted by molar-refractivity contribution is 6.07. The number of phenolic OH excluding ortho intramolecular Hbond substituents is 2. The Balaban J connectivity index is 1.90. The van der Waals surface area contributed by atoms with Gasteiger partial charge in [-0.15, -0.1) is 0 Å². The zero-order valence-electron chi connectivity index (χ0n) is 27.4. The minimum absolute atomic E-state index is 0.0197. The average molecular weight is 695 g/mol. The quantitative estimate of drug-likeness (QED) is 0.0279. The number of imide groups is 1. The molecule has 1 aliphatic heterocycles. The lowest BCUT2D eigenvalue weighted by atomic mass is 10.0. The van der Waals surface area contributed by atoms with Crippen molar-refractivity contribution in [3.05, 3.63) is 59.7 Å². The van der Waals surface area contributed by atoms with Crippen molar-refractivity contribution in [3.8, 4) is 11.5 Å². The van der Waals surface area contributed by atoms with Crippen LogP contribution in [0.3, 0.4) is 0 Å². The van der Waals surface area contributed by atoms with Crippen LogP contribution in [0.4, 0.5) is 0 Å². The number of likely N-dealkylation sites (tertiary alicyclic amines) is 1. The normalized spacial score (nSPS) is 15.7. The van der Waals surface area contributed by atoms with E-state index < -0.39 is 66.0 Å². The topological polar surface area (TPSA) is 273 Å². The summed E-state index contributed by atoms with van der Waals surface area (Å²) in [5, 5.41) is 39.4. The first-order chi connectivity index (χ1) is 23.8. The fourth-order valence-electron chi connectivity index (χ4n) is 5.22. The van der Waals surface area contributed by atoms with Crippen LogP contribution in [0.2, 0.25) is 0 Å². The molecular formula is C33H42N8O9. The highest BCUT2D eigenvalue weighted by atomic mass is 16.3. The van der Waals surface area contributed by atoms with Gasteiger partial charge in [-0.1, -0.05) is 31.2 Å². The molecule has 2 aromatic rings. The molecule has 3 rings (SSSR count). The SMILES string of the molecule is C[C@H]1CC(=O)N([C@@H](Cc2ccc(O)cc2)C(=O)NC(Cc2ccc(O)cc2)C(=O)N[C@@H](CCCNC(=N)N)C(=O)NCC(=O)NCC=O)C1=O. The second kappa shape index (κ2) is 18.5. The molecule has 1 fully saturated rings. The fraction of sp³-hybridized carbons (Fsp3) is 0.394. The predicted molar refractivity (Wildman–Crippen MR) is 178 cm³/mol. The summed E-state index contributed by atoms with van der Waals surface area (Å²) in [6.07, 6.45) is 0.388. The molecule has 10 N–H and O–H groups in total. The summed E-state index contributed by atoms with van der Waals surface area (Å²) >= 11 is 0. The molecule has 2 aromatic carbocycles. The minimum Gasteiger partial charge on any atom is -0.508 e. The van der Waals surface area contributed by atoms with E-state index in [4.69, 9.17) is 11.1 Å². The second-order valence-corrected chi connectivity index (χ2v) is 11.8. The van der Waals surface area contributed by atoms with E-state index >= 15 is 0 Å². The number of phenols is 2. The third-order valence-corrected chi connectivity index (χ3v) is 7.82. The third-order valence-electron chi connectivity index (χ3n) is 7.82. The van der Waals surface area contributed by atoms with Crippen LogP contribution in [0.5, 0.6) is 11.5 Å². The second-order valence-electron chi connectivity index (χ2n) is 11.8. The van der Waals surface area contributed by atoms with E-state index in [0.717, 1.165) is 4.90 Å². The van der Waals surface area contributed by atoms with Crippen LogP contribution in [0.25, 0.3) is 0 Å². The van der Waals surface area contributed by atoms with Crippen LogP contribution in [0.15, 0.2) is 48.5 Å². The van der Waals surface area contributed by atoms with Crippen molar-refractivity contribution in [2.24, 2.45) is 11.7 Å². The molecule has 0 radical (unpaired) electrons. The Bertz CT molecular complexity index is 1570. The Morgan fingerprint density at radius 1 is 0.880 bits per heavy atom. The van der Waals surface area contributed by atoms with Crippen molar-refractivity contribution < 1.29 is 43.8 Å². The monoisotopic (exact) mass is 694 g/mol. The highest BCUT2D eigenvalue weighted by Crippen LogP contribution is 2.24. The van der Waals surface area contributed by atoms with Crippen LogP contribution < -0.4 is 32.3 Å². The van der Waals surface area contributed by atoms with Crippen LogP contribution in [0.1, 0.15) is 37.3 Å². The number of rotatable bonds is 18. The predicted octanol–water partition coefficient (Wildman–Crippen LogP) is -1.69. The summed E-state index contributed by atoms with van der Waals surface area (Å²) in [6, 6.07) is 7.73. The summed E-state index contributed by atoms with van der Waals surface area (Å²) in [5.41, 5.74) is 6.37. The van der Waals surface area contributed by atoms with Crippen LogP contribution >= 0.6 is 0 Å². The molecular weight excluding hydrogens is 652 g/mol. The van der Waals surface area contributed by atoms with Gasteiger partial charge in [-0.25, -0.2) is 0 Å². The maximum Gasteiger partial charge on any atom is 0.244 e. The van der Waals surface area contributed by atoms with E-state index in [2.05, 4.69) is 26.6 Å². The molecule has 6 amide bonds. The van der Waals surface area contributed by atoms with Crippen molar-refractivity contribution >= 4 is 47.7 Å². The van der Waals surface area contributed by atoms with Gasteiger partial charge in [0.1, 0.15) is 35.9 Å². The first-order valence-electron chi connectivity index (χ1n) is 15.9. The number of aldehydes is 1. The number of hydrogen-bond acceptors (Lipinski definition) is 10. The van der Waals surface area contributed by atoms with Gasteiger partial charge in [0.25, 0.3) is 0 Å². The lowest BCUT2D eigenvalue weighted by molar-refractivity contribution is -0.147. The standard InChI is InChI=1S/C33H42N8O9/c1-19-15-28(46)41(32(19)50)26(17-21-6-10-23(44)11-7-21)31(49)40-25(16-20-4-8-22(43)9-5-20)30(48)39-24(3-2-12-37-33(34)35)29(47)38-18-27(45)36-13-14-42/h4-11,14,19,24-26,43-44H,2-3,12-13,15-18H2,1H3,(H,36,45)(H,38,47)(H,39,48)(H,40,49)(H4,34,35,37)/t19-,24-,25?,26-/m0/s1. The van der Waals surface area contributed by atoms with Gasteiger partial charge < -0.3 is 47.3 Å². The van der Waals surface area contributed by atoms with Crippen molar-refractivity contribution in [2.45, 2.75) is 57.2 Å². The molecule has 1 aliphatic rings. The molecule has 0 aliphatic carbocycles. The molecule has 4 atom stereocenters. The van der Waals surface area contributed by atoms with E-state index in [-0.39, 0.29) is 62.7 Å². The third kappa shape index (κ3) is 11.6. The number of carbonyl (C=O) groups is 7. The van der Waals surface area contributed by atoms with Gasteiger partial charge in [0, 0.05) is 31.7 Å². The van der Waals surface area contributed by atoms with Gasteiger partial charge >= 0.3 is 0 Å². The van der Waals surface area contributed by atoms with E-state index in [0.29, 0.717) is 17.4 Å². The number of benzene rings is 2. The largest absolute Gasteiger partial charge is 0.508 e. The van der Waals surface area contributed by atoms with Gasteiger partial charge in [0.2, 0.25) is 35.4 Å². The lowest BCUT2D eigenvalue weighted by Gasteiger charge is -2.29. The molecule has 1 unspecified atom stereocenters. The number of carbonyl (C=O) groups excluding carboxylic acids is 7. The average Bonchev–Trinajstić information content (AvgIpc) is 3.33. The summed E-state index contributed by atoms with van der Waals surface area (Å²) in [7, 11) is 0. The maximum absolute atomic E-state index is 14.0. The van der Waals surface area contributed by atoms with Crippen molar-refractivity contribution in [2.75, 3.05) is 19.6 Å². The van der Waals surface area contributed by atoms with Gasteiger partial charge in [-0.3, -0.25) is 39.1 Å². The van der Waals surface area contributed by atoms with Gasteiger partial charge in [-0.05, 0) is 48.2 Å². The molecule has 0 bridgehead atoms. The maximum atomic E-state index is 14.0. The number of guanidine groups is 1. The molecule has 1 saturated heterocycles. The smallest absolute Gasteiger partial charge is 0.244 e. The number of nitrogens with one attached hydrogen (secondary N) is 6. The van der Waals surface area contributed by atoms with Crippen LogP contribution in [-0.2, 0) is 46.4 Å². The molecule has 50 heavy (non-hydrogen) atoms.